The van der Waals surface area contributed by atoms with Gasteiger partial charge in [0.1, 0.15) is 5.76 Å². The number of carbonyl (C=O) groups excluding carboxylic acids is 1. The second kappa shape index (κ2) is 6.09. The fourth-order valence-electron chi connectivity index (χ4n) is 4.25. The fraction of sp³-hybridized carbons (Fsp3) is 0.611. The smallest absolute Gasteiger partial charge is 0.276 e. The molecule has 0 bridgehead atoms. The molecule has 2 aliphatic rings. The van der Waals surface area contributed by atoms with E-state index in [0.29, 0.717) is 36.1 Å². The van der Waals surface area contributed by atoms with E-state index in [4.69, 9.17) is 16.1 Å². The van der Waals surface area contributed by atoms with E-state index in [9.17, 15) is 9.90 Å². The van der Waals surface area contributed by atoms with Gasteiger partial charge in [-0.2, -0.15) is 5.10 Å². The summed E-state index contributed by atoms with van der Waals surface area (Å²) in [5, 5.41) is 19.2. The van der Waals surface area contributed by atoms with Gasteiger partial charge < -0.3 is 14.5 Å². The molecule has 1 aliphatic carbocycles. The summed E-state index contributed by atoms with van der Waals surface area (Å²) >= 11 is 5.92. The molecule has 140 valence electrons. The molecule has 1 atom stereocenters. The standard InChI is InChI=1S/C18H23ClN4O3/c1-12-14(11-23-10-13(19)9-20-23)15(21-26-12)16(24)22-7-5-18(6-8-22)4-3-17(18,2)25/h9-10,25H,3-8,11H2,1-2H3. The van der Waals surface area contributed by atoms with Crippen LogP contribution in [0.4, 0.5) is 0 Å². The highest BCUT2D eigenvalue weighted by Gasteiger charge is 2.56. The number of halogens is 1. The van der Waals surface area contributed by atoms with Gasteiger partial charge in [-0.15, -0.1) is 0 Å². The van der Waals surface area contributed by atoms with Crippen LogP contribution in [0.2, 0.25) is 5.02 Å². The Labute approximate surface area is 156 Å². The Morgan fingerprint density at radius 1 is 1.35 bits per heavy atom. The molecule has 1 N–H and O–H groups in total. The minimum atomic E-state index is -0.600. The van der Waals surface area contributed by atoms with Crippen LogP contribution in [0, 0.1) is 12.3 Å². The molecule has 7 nitrogen and oxygen atoms in total. The third-order valence-corrected chi connectivity index (χ3v) is 6.54. The van der Waals surface area contributed by atoms with E-state index in [1.807, 2.05) is 11.8 Å². The quantitative estimate of drug-likeness (QED) is 0.887. The molecule has 1 unspecified atom stereocenters. The number of amides is 1. The number of aryl methyl sites for hydroxylation is 1. The van der Waals surface area contributed by atoms with Crippen LogP contribution in [0.15, 0.2) is 16.9 Å². The van der Waals surface area contributed by atoms with E-state index in [1.165, 1.54) is 0 Å². The summed E-state index contributed by atoms with van der Waals surface area (Å²) in [7, 11) is 0. The second-order valence-electron chi connectivity index (χ2n) is 7.77. The molecule has 2 fully saturated rings. The molecule has 8 heteroatoms. The monoisotopic (exact) mass is 378 g/mol. The number of nitrogens with zero attached hydrogens (tertiary/aromatic N) is 4. The van der Waals surface area contributed by atoms with Crippen molar-refractivity contribution in [3.8, 4) is 0 Å². The van der Waals surface area contributed by atoms with Gasteiger partial charge in [0.25, 0.3) is 5.91 Å². The zero-order valence-electron chi connectivity index (χ0n) is 15.0. The molecule has 3 heterocycles. The summed E-state index contributed by atoms with van der Waals surface area (Å²) in [6.07, 6.45) is 6.79. The molecule has 1 saturated heterocycles. The van der Waals surface area contributed by atoms with E-state index >= 15 is 0 Å². The van der Waals surface area contributed by atoms with Crippen molar-refractivity contribution in [1.29, 1.82) is 0 Å². The second-order valence-corrected chi connectivity index (χ2v) is 8.20. The third kappa shape index (κ3) is 2.74. The Bertz CT molecular complexity index is 833. The zero-order valence-corrected chi connectivity index (χ0v) is 15.8. The van der Waals surface area contributed by atoms with Gasteiger partial charge in [-0.05, 0) is 39.5 Å². The summed E-state index contributed by atoms with van der Waals surface area (Å²) in [6.45, 7) is 5.36. The van der Waals surface area contributed by atoms with Crippen LogP contribution in [0.25, 0.3) is 0 Å². The van der Waals surface area contributed by atoms with Crippen molar-refractivity contribution < 1.29 is 14.4 Å². The molecular weight excluding hydrogens is 356 g/mol. The van der Waals surface area contributed by atoms with Gasteiger partial charge in [0.05, 0.1) is 23.4 Å². The summed E-state index contributed by atoms with van der Waals surface area (Å²) in [6, 6.07) is 0. The Balaban J connectivity index is 1.49. The molecule has 2 aromatic heterocycles. The van der Waals surface area contributed by atoms with Crippen LogP contribution in [-0.4, -0.2) is 49.5 Å². The first-order valence-corrected chi connectivity index (χ1v) is 9.34. The maximum absolute atomic E-state index is 13.0. The highest BCUT2D eigenvalue weighted by Crippen LogP contribution is 2.56. The van der Waals surface area contributed by atoms with Crippen molar-refractivity contribution in [3.63, 3.8) is 0 Å². The average Bonchev–Trinajstić information content (AvgIpc) is 3.20. The minimum absolute atomic E-state index is 0.0296. The van der Waals surface area contributed by atoms with E-state index in [2.05, 4.69) is 10.3 Å². The number of carbonyl (C=O) groups is 1. The molecule has 0 aromatic carbocycles. The van der Waals surface area contributed by atoms with Gasteiger partial charge in [0, 0.05) is 30.3 Å². The lowest BCUT2D eigenvalue weighted by atomic mass is 9.53. The van der Waals surface area contributed by atoms with Crippen molar-refractivity contribution in [3.05, 3.63) is 34.4 Å². The highest BCUT2D eigenvalue weighted by molar-refractivity contribution is 6.30. The lowest BCUT2D eigenvalue weighted by Crippen LogP contribution is -2.60. The van der Waals surface area contributed by atoms with Gasteiger partial charge in [-0.25, -0.2) is 0 Å². The number of hydrogen-bond acceptors (Lipinski definition) is 5. The van der Waals surface area contributed by atoms with Crippen molar-refractivity contribution in [2.45, 2.75) is 51.7 Å². The molecular formula is C18H23ClN4O3. The SMILES string of the molecule is Cc1onc(C(=O)N2CCC3(CC2)CCC3(C)O)c1Cn1cc(Cl)cn1. The number of rotatable bonds is 3. The van der Waals surface area contributed by atoms with E-state index in [1.54, 1.807) is 24.0 Å². The van der Waals surface area contributed by atoms with Crippen LogP contribution in [0.5, 0.6) is 0 Å². The lowest BCUT2D eigenvalue weighted by molar-refractivity contribution is -0.174. The summed E-state index contributed by atoms with van der Waals surface area (Å²) < 4.78 is 6.94. The zero-order chi connectivity index (χ0) is 18.5. The average molecular weight is 379 g/mol. The molecule has 4 rings (SSSR count). The Hall–Kier alpha value is -1.86. The first-order chi connectivity index (χ1) is 12.3. The third-order valence-electron chi connectivity index (χ3n) is 6.35. The fourth-order valence-corrected chi connectivity index (χ4v) is 4.41. The van der Waals surface area contributed by atoms with Gasteiger partial charge in [-0.3, -0.25) is 9.48 Å². The number of likely N-dealkylation sites (tertiary alicyclic amines) is 1. The van der Waals surface area contributed by atoms with Crippen LogP contribution in [0.1, 0.15) is 54.4 Å². The summed E-state index contributed by atoms with van der Waals surface area (Å²) in [5.41, 5.74) is 0.436. The topological polar surface area (TPSA) is 84.4 Å². The van der Waals surface area contributed by atoms with Crippen molar-refractivity contribution in [2.24, 2.45) is 5.41 Å². The van der Waals surface area contributed by atoms with Crippen molar-refractivity contribution in [2.75, 3.05) is 13.1 Å². The first-order valence-electron chi connectivity index (χ1n) is 8.96. The highest BCUT2D eigenvalue weighted by atomic mass is 35.5. The van der Waals surface area contributed by atoms with Gasteiger partial charge in [0.15, 0.2) is 5.69 Å². The summed E-state index contributed by atoms with van der Waals surface area (Å²) in [4.78, 5) is 14.8. The molecule has 1 aliphatic heterocycles. The van der Waals surface area contributed by atoms with Crippen molar-refractivity contribution >= 4 is 17.5 Å². The largest absolute Gasteiger partial charge is 0.390 e. The maximum atomic E-state index is 13.0. The Kier molecular flexibility index (Phi) is 4.11. The van der Waals surface area contributed by atoms with Crippen LogP contribution in [-0.2, 0) is 6.54 Å². The predicted molar refractivity (Wildman–Crippen MR) is 95.0 cm³/mol. The molecule has 1 amide bonds. The van der Waals surface area contributed by atoms with Crippen molar-refractivity contribution in [1.82, 2.24) is 19.8 Å². The molecule has 0 radical (unpaired) electrons. The number of piperidine rings is 1. The predicted octanol–water partition coefficient (Wildman–Crippen LogP) is 2.65. The van der Waals surface area contributed by atoms with Crippen LogP contribution < -0.4 is 0 Å². The molecule has 26 heavy (non-hydrogen) atoms. The normalized spacial score (nSPS) is 24.7. The number of hydrogen-bond donors (Lipinski definition) is 1. The lowest BCUT2D eigenvalue weighted by Gasteiger charge is -2.58. The van der Waals surface area contributed by atoms with Gasteiger partial charge in [0.2, 0.25) is 0 Å². The summed E-state index contributed by atoms with van der Waals surface area (Å²) in [5.74, 6) is 0.485. The van der Waals surface area contributed by atoms with E-state index in [-0.39, 0.29) is 11.3 Å². The Morgan fingerprint density at radius 2 is 2.08 bits per heavy atom. The van der Waals surface area contributed by atoms with E-state index in [0.717, 1.165) is 31.2 Å². The molecule has 1 spiro atoms. The first kappa shape index (κ1) is 17.5. The van der Waals surface area contributed by atoms with Gasteiger partial charge >= 0.3 is 0 Å². The molecule has 1 saturated carbocycles. The maximum Gasteiger partial charge on any atom is 0.276 e. The number of aromatic nitrogens is 3. The van der Waals surface area contributed by atoms with Crippen LogP contribution in [0.3, 0.4) is 0 Å². The minimum Gasteiger partial charge on any atom is -0.390 e. The Morgan fingerprint density at radius 3 is 2.62 bits per heavy atom. The number of aliphatic hydroxyl groups is 1. The van der Waals surface area contributed by atoms with E-state index < -0.39 is 5.60 Å². The van der Waals surface area contributed by atoms with Gasteiger partial charge in [-0.1, -0.05) is 16.8 Å². The van der Waals surface area contributed by atoms with Crippen LogP contribution >= 0.6 is 11.6 Å². The molecule has 2 aromatic rings.